The van der Waals surface area contributed by atoms with E-state index in [1.807, 2.05) is 13.8 Å². The smallest absolute Gasteiger partial charge is 0.310 e. The molecule has 0 amide bonds. The highest BCUT2D eigenvalue weighted by Crippen LogP contribution is 2.60. The highest BCUT2D eigenvalue weighted by Gasteiger charge is 2.61. The summed E-state index contributed by atoms with van der Waals surface area (Å²) >= 11 is 11.6. The van der Waals surface area contributed by atoms with Gasteiger partial charge in [-0.3, -0.25) is 4.79 Å². The van der Waals surface area contributed by atoms with Gasteiger partial charge in [0.2, 0.25) is 0 Å². The first-order chi connectivity index (χ1) is 13.4. The molecule has 1 saturated carbocycles. The SMILES string of the molecule is CC1(C)[C@H](C=C(Cl)Cl)[C@H]1C(=O)OCc1cccc2c1CCCc1ccccc1-2. The zero-order chi connectivity index (χ0) is 19.9. The van der Waals surface area contributed by atoms with Gasteiger partial charge >= 0.3 is 5.97 Å². The predicted octanol–water partition coefficient (Wildman–Crippen LogP) is 6.48. The van der Waals surface area contributed by atoms with Crippen LogP contribution in [-0.2, 0) is 29.0 Å². The highest BCUT2D eigenvalue weighted by molar-refractivity contribution is 6.55. The minimum absolute atomic E-state index is 0.0322. The van der Waals surface area contributed by atoms with Crippen LogP contribution < -0.4 is 0 Å². The third-order valence-electron chi connectivity index (χ3n) is 6.29. The number of rotatable bonds is 4. The summed E-state index contributed by atoms with van der Waals surface area (Å²) < 4.78 is 5.95. The number of ether oxygens (including phenoxy) is 1. The van der Waals surface area contributed by atoms with Crippen LogP contribution in [0.5, 0.6) is 0 Å². The molecule has 0 aromatic heterocycles. The Hall–Kier alpha value is -1.77. The van der Waals surface area contributed by atoms with Crippen LogP contribution in [0.25, 0.3) is 11.1 Å². The fourth-order valence-electron chi connectivity index (χ4n) is 4.59. The predicted molar refractivity (Wildman–Crippen MR) is 114 cm³/mol. The van der Waals surface area contributed by atoms with Crippen molar-refractivity contribution in [1.29, 1.82) is 0 Å². The maximum Gasteiger partial charge on any atom is 0.310 e. The Morgan fingerprint density at radius 3 is 2.64 bits per heavy atom. The van der Waals surface area contributed by atoms with E-state index < -0.39 is 0 Å². The lowest BCUT2D eigenvalue weighted by Crippen LogP contribution is -2.11. The maximum absolute atomic E-state index is 12.7. The molecular weight excluding hydrogens is 391 g/mol. The summed E-state index contributed by atoms with van der Waals surface area (Å²) in [6.45, 7) is 4.40. The molecule has 1 fully saturated rings. The number of allylic oxidation sites excluding steroid dienone is 1. The third-order valence-corrected chi connectivity index (χ3v) is 6.55. The molecule has 2 aromatic carbocycles. The van der Waals surface area contributed by atoms with Crippen LogP contribution in [0.3, 0.4) is 0 Å². The maximum atomic E-state index is 12.7. The van der Waals surface area contributed by atoms with Gasteiger partial charge in [-0.15, -0.1) is 0 Å². The van der Waals surface area contributed by atoms with Crippen molar-refractivity contribution in [2.75, 3.05) is 0 Å². The fourth-order valence-corrected chi connectivity index (χ4v) is 4.86. The Balaban J connectivity index is 1.53. The average Bonchev–Trinajstić information content (AvgIpc) is 3.26. The summed E-state index contributed by atoms with van der Waals surface area (Å²) in [5.74, 6) is -0.333. The Morgan fingerprint density at radius 2 is 1.86 bits per heavy atom. The van der Waals surface area contributed by atoms with Crippen LogP contribution >= 0.6 is 23.2 Å². The Kier molecular flexibility index (Phi) is 5.28. The van der Waals surface area contributed by atoms with E-state index in [0.29, 0.717) is 6.61 Å². The first-order valence-electron chi connectivity index (χ1n) is 9.78. The van der Waals surface area contributed by atoms with Gasteiger partial charge < -0.3 is 4.74 Å². The molecule has 4 rings (SSSR count). The topological polar surface area (TPSA) is 26.3 Å². The van der Waals surface area contributed by atoms with Gasteiger partial charge in [-0.25, -0.2) is 0 Å². The van der Waals surface area contributed by atoms with Crippen LogP contribution in [-0.4, -0.2) is 5.97 Å². The second kappa shape index (κ2) is 7.57. The van der Waals surface area contributed by atoms with Crippen molar-refractivity contribution in [1.82, 2.24) is 0 Å². The zero-order valence-corrected chi connectivity index (χ0v) is 17.7. The van der Waals surface area contributed by atoms with E-state index in [9.17, 15) is 4.79 Å². The molecule has 146 valence electrons. The molecule has 0 heterocycles. The number of aryl methyl sites for hydroxylation is 1. The summed E-state index contributed by atoms with van der Waals surface area (Å²) in [5, 5.41) is 0. The first kappa shape index (κ1) is 19.5. The van der Waals surface area contributed by atoms with Gasteiger partial charge in [0.15, 0.2) is 0 Å². The van der Waals surface area contributed by atoms with E-state index >= 15 is 0 Å². The van der Waals surface area contributed by atoms with E-state index in [1.54, 1.807) is 6.08 Å². The van der Waals surface area contributed by atoms with Crippen LogP contribution in [0.1, 0.15) is 37.0 Å². The molecule has 0 radical (unpaired) electrons. The van der Waals surface area contributed by atoms with E-state index in [1.165, 1.54) is 22.3 Å². The third kappa shape index (κ3) is 3.60. The summed E-state index contributed by atoms with van der Waals surface area (Å²) in [6.07, 6.45) is 4.93. The van der Waals surface area contributed by atoms with Crippen molar-refractivity contribution in [3.63, 3.8) is 0 Å². The van der Waals surface area contributed by atoms with E-state index in [2.05, 4.69) is 42.5 Å². The molecule has 2 aromatic rings. The molecule has 28 heavy (non-hydrogen) atoms. The summed E-state index contributed by atoms with van der Waals surface area (Å²) in [4.78, 5) is 12.7. The van der Waals surface area contributed by atoms with E-state index in [4.69, 9.17) is 27.9 Å². The number of carbonyl (C=O) groups excluding carboxylic acids is 1. The average molecular weight is 415 g/mol. The quantitative estimate of drug-likeness (QED) is 0.535. The number of benzene rings is 2. The van der Waals surface area contributed by atoms with Crippen molar-refractivity contribution in [2.24, 2.45) is 17.3 Å². The van der Waals surface area contributed by atoms with Crippen LogP contribution in [0.4, 0.5) is 0 Å². The Labute approximate surface area is 176 Å². The number of carbonyl (C=O) groups is 1. The van der Waals surface area contributed by atoms with Crippen molar-refractivity contribution >= 4 is 29.2 Å². The normalized spacial score (nSPS) is 21.7. The molecule has 2 aliphatic carbocycles. The second-order valence-corrected chi connectivity index (χ2v) is 9.35. The fraction of sp³-hybridized carbons (Fsp3) is 0.375. The number of hydrogen-bond acceptors (Lipinski definition) is 2. The van der Waals surface area contributed by atoms with Gasteiger partial charge in [0.25, 0.3) is 0 Å². The van der Waals surface area contributed by atoms with Gasteiger partial charge in [-0.2, -0.15) is 0 Å². The monoisotopic (exact) mass is 414 g/mol. The molecule has 0 unspecified atom stereocenters. The van der Waals surface area contributed by atoms with Gasteiger partial charge in [0.05, 0.1) is 5.92 Å². The molecule has 0 N–H and O–H groups in total. The van der Waals surface area contributed by atoms with Crippen LogP contribution in [0.2, 0.25) is 0 Å². The van der Waals surface area contributed by atoms with E-state index in [-0.39, 0.29) is 27.7 Å². The van der Waals surface area contributed by atoms with Gasteiger partial charge in [0.1, 0.15) is 11.1 Å². The molecule has 2 atom stereocenters. The summed E-state index contributed by atoms with van der Waals surface area (Å²) in [5.41, 5.74) is 6.19. The van der Waals surface area contributed by atoms with Gasteiger partial charge in [-0.05, 0) is 64.5 Å². The molecular formula is C24H24Cl2O2. The molecule has 0 aliphatic heterocycles. The minimum atomic E-state index is -0.192. The minimum Gasteiger partial charge on any atom is -0.461 e. The Bertz CT molecular complexity index is 941. The second-order valence-electron chi connectivity index (χ2n) is 8.34. The molecule has 2 nitrogen and oxygen atoms in total. The zero-order valence-electron chi connectivity index (χ0n) is 16.2. The first-order valence-corrected chi connectivity index (χ1v) is 10.5. The lowest BCUT2D eigenvalue weighted by atomic mass is 9.93. The van der Waals surface area contributed by atoms with Gasteiger partial charge in [0, 0.05) is 0 Å². The van der Waals surface area contributed by atoms with Crippen molar-refractivity contribution in [3.8, 4) is 11.1 Å². The lowest BCUT2D eigenvalue weighted by Gasteiger charge is -2.14. The number of esters is 1. The molecule has 0 saturated heterocycles. The largest absolute Gasteiger partial charge is 0.461 e. The number of halogens is 2. The lowest BCUT2D eigenvalue weighted by molar-refractivity contribution is -0.147. The highest BCUT2D eigenvalue weighted by atomic mass is 35.5. The standard InChI is InChI=1S/C24H24Cl2O2/c1-24(2)20(13-21(25)26)22(24)23(27)28-14-16-9-6-12-19-17-10-4-3-7-15(17)8-5-11-18(16)19/h3-4,6-7,9-10,12-13,20,22H,5,8,11,14H2,1-2H3/t20-,22+/m1/s1. The molecule has 0 bridgehead atoms. The van der Waals surface area contributed by atoms with Gasteiger partial charge in [-0.1, -0.05) is 79.5 Å². The summed E-state index contributed by atoms with van der Waals surface area (Å²) in [6, 6.07) is 14.9. The van der Waals surface area contributed by atoms with Crippen molar-refractivity contribution < 1.29 is 9.53 Å². The van der Waals surface area contributed by atoms with Crippen LogP contribution in [0, 0.1) is 17.3 Å². The number of fused-ring (bicyclic) bond motifs is 3. The molecule has 4 heteroatoms. The molecule has 0 spiro atoms. The van der Waals surface area contributed by atoms with Crippen molar-refractivity contribution in [3.05, 3.63) is 69.7 Å². The van der Waals surface area contributed by atoms with Crippen molar-refractivity contribution in [2.45, 2.75) is 39.7 Å². The summed E-state index contributed by atoms with van der Waals surface area (Å²) in [7, 11) is 0. The van der Waals surface area contributed by atoms with Crippen LogP contribution in [0.15, 0.2) is 53.0 Å². The Morgan fingerprint density at radius 1 is 1.11 bits per heavy atom. The number of hydrogen-bond donors (Lipinski definition) is 0. The molecule has 2 aliphatic rings. The van der Waals surface area contributed by atoms with E-state index in [0.717, 1.165) is 24.8 Å².